The molecule has 1 aromatic rings. The van der Waals surface area contributed by atoms with Crippen LogP contribution in [0.2, 0.25) is 0 Å². The van der Waals surface area contributed by atoms with Crippen LogP contribution in [0.1, 0.15) is 56.7 Å². The Bertz CT molecular complexity index is 460. The second-order valence-electron chi connectivity index (χ2n) is 6.33. The van der Waals surface area contributed by atoms with Crippen molar-refractivity contribution in [1.82, 2.24) is 4.98 Å². The molecule has 0 spiro atoms. The van der Waals surface area contributed by atoms with Crippen molar-refractivity contribution >= 4 is 5.82 Å². The van der Waals surface area contributed by atoms with Crippen molar-refractivity contribution in [3.63, 3.8) is 0 Å². The molecule has 0 amide bonds. The highest BCUT2D eigenvalue weighted by Crippen LogP contribution is 2.38. The number of aliphatic hydroxyl groups is 1. The minimum absolute atomic E-state index is 0.119. The fourth-order valence-electron chi connectivity index (χ4n) is 3.95. The summed E-state index contributed by atoms with van der Waals surface area (Å²) in [6, 6.07) is 4.84. The second kappa shape index (κ2) is 6.13. The first-order chi connectivity index (χ1) is 9.81. The van der Waals surface area contributed by atoms with Crippen molar-refractivity contribution < 1.29 is 5.11 Å². The summed E-state index contributed by atoms with van der Waals surface area (Å²) < 4.78 is 0. The monoisotopic (exact) mass is 274 g/mol. The molecule has 1 aliphatic heterocycles. The maximum Gasteiger partial charge on any atom is 0.129 e. The lowest BCUT2D eigenvalue weighted by molar-refractivity contribution is 0.281. The number of aryl methyl sites for hydroxylation is 1. The molecule has 2 fully saturated rings. The summed E-state index contributed by atoms with van der Waals surface area (Å²) in [4.78, 5) is 7.37. The average molecular weight is 274 g/mol. The van der Waals surface area contributed by atoms with E-state index >= 15 is 0 Å². The third-order valence-corrected chi connectivity index (χ3v) is 4.92. The van der Waals surface area contributed by atoms with E-state index in [1.165, 1.54) is 32.1 Å². The predicted molar refractivity (Wildman–Crippen MR) is 81.9 cm³/mol. The zero-order valence-electron chi connectivity index (χ0n) is 12.5. The first-order valence-electron chi connectivity index (χ1n) is 8.19. The molecule has 1 aromatic heterocycles. The number of fused-ring (bicyclic) bond motifs is 1. The Labute approximate surface area is 122 Å². The van der Waals surface area contributed by atoms with Crippen LogP contribution in [0.4, 0.5) is 5.82 Å². The number of aromatic nitrogens is 1. The molecular formula is C17H26N2O. The van der Waals surface area contributed by atoms with Gasteiger partial charge in [-0.3, -0.25) is 0 Å². The molecule has 1 saturated carbocycles. The summed E-state index contributed by atoms with van der Waals surface area (Å²) in [5.41, 5.74) is 2.14. The maximum absolute atomic E-state index is 9.48. The van der Waals surface area contributed by atoms with Gasteiger partial charge in [0.25, 0.3) is 0 Å². The van der Waals surface area contributed by atoms with Crippen molar-refractivity contribution in [3.05, 3.63) is 23.4 Å². The van der Waals surface area contributed by atoms with Gasteiger partial charge in [0.2, 0.25) is 0 Å². The van der Waals surface area contributed by atoms with Gasteiger partial charge in [-0.05, 0) is 49.3 Å². The van der Waals surface area contributed by atoms with E-state index in [4.69, 9.17) is 4.98 Å². The molecular weight excluding hydrogens is 248 g/mol. The minimum Gasteiger partial charge on any atom is -0.392 e. The fraction of sp³-hybridized carbons (Fsp3) is 0.706. The van der Waals surface area contributed by atoms with E-state index < -0.39 is 0 Å². The Morgan fingerprint density at radius 3 is 2.90 bits per heavy atom. The van der Waals surface area contributed by atoms with E-state index in [9.17, 15) is 5.11 Å². The number of anilines is 1. The van der Waals surface area contributed by atoms with E-state index in [0.717, 1.165) is 42.4 Å². The van der Waals surface area contributed by atoms with Crippen molar-refractivity contribution in [3.8, 4) is 0 Å². The molecule has 3 heteroatoms. The van der Waals surface area contributed by atoms with E-state index in [1.54, 1.807) is 0 Å². The molecule has 2 unspecified atom stereocenters. The van der Waals surface area contributed by atoms with Crippen LogP contribution in [-0.4, -0.2) is 22.7 Å². The van der Waals surface area contributed by atoms with E-state index in [-0.39, 0.29) is 6.61 Å². The van der Waals surface area contributed by atoms with E-state index in [0.29, 0.717) is 6.04 Å². The third-order valence-electron chi connectivity index (χ3n) is 4.92. The zero-order chi connectivity index (χ0) is 13.9. The lowest BCUT2D eigenvalue weighted by atomic mass is 9.85. The molecule has 2 aliphatic rings. The number of hydrogen-bond donors (Lipinski definition) is 1. The van der Waals surface area contributed by atoms with Crippen LogP contribution in [-0.2, 0) is 13.0 Å². The predicted octanol–water partition coefficient (Wildman–Crippen LogP) is 3.30. The smallest absolute Gasteiger partial charge is 0.129 e. The summed E-state index contributed by atoms with van der Waals surface area (Å²) in [6.45, 7) is 3.44. The van der Waals surface area contributed by atoms with Crippen LogP contribution in [0.15, 0.2) is 12.1 Å². The molecule has 1 N–H and O–H groups in total. The number of rotatable bonds is 4. The molecule has 0 radical (unpaired) electrons. The van der Waals surface area contributed by atoms with Gasteiger partial charge in [-0.1, -0.05) is 26.2 Å². The molecule has 1 aliphatic carbocycles. The van der Waals surface area contributed by atoms with Gasteiger partial charge in [0.1, 0.15) is 5.82 Å². The topological polar surface area (TPSA) is 36.4 Å². The largest absolute Gasteiger partial charge is 0.392 e. The maximum atomic E-state index is 9.48. The number of nitrogens with zero attached hydrogens (tertiary/aromatic N) is 2. The van der Waals surface area contributed by atoms with Gasteiger partial charge in [-0.15, -0.1) is 0 Å². The Morgan fingerprint density at radius 1 is 1.25 bits per heavy atom. The van der Waals surface area contributed by atoms with Crippen LogP contribution in [0, 0.1) is 5.92 Å². The normalized spacial score (nSPS) is 25.8. The quantitative estimate of drug-likeness (QED) is 0.915. The summed E-state index contributed by atoms with van der Waals surface area (Å²) in [5.74, 6) is 1.98. The molecule has 110 valence electrons. The summed E-state index contributed by atoms with van der Waals surface area (Å²) in [5, 5.41) is 9.48. The minimum atomic E-state index is 0.119. The molecule has 20 heavy (non-hydrogen) atoms. The lowest BCUT2D eigenvalue weighted by Gasteiger charge is -2.32. The number of aliphatic hydroxyl groups excluding tert-OH is 1. The summed E-state index contributed by atoms with van der Waals surface area (Å²) >= 11 is 0. The SMILES string of the molecule is CCCc1cc(CO)cc(N2CCC3CCCCC32)n1. The highest BCUT2D eigenvalue weighted by molar-refractivity contribution is 5.45. The first kappa shape index (κ1) is 13.9. The highest BCUT2D eigenvalue weighted by Gasteiger charge is 2.36. The standard InChI is InChI=1S/C17H26N2O/c1-2-5-15-10-13(12-20)11-17(18-15)19-9-8-14-6-3-4-7-16(14)19/h10-11,14,16,20H,2-9,12H2,1H3. The first-order valence-corrected chi connectivity index (χ1v) is 8.19. The highest BCUT2D eigenvalue weighted by atomic mass is 16.3. The Morgan fingerprint density at radius 2 is 2.10 bits per heavy atom. The molecule has 3 rings (SSSR count). The Kier molecular flexibility index (Phi) is 4.25. The fourth-order valence-corrected chi connectivity index (χ4v) is 3.95. The van der Waals surface area contributed by atoms with Crippen LogP contribution < -0.4 is 4.90 Å². The van der Waals surface area contributed by atoms with Crippen molar-refractivity contribution in [1.29, 1.82) is 0 Å². The van der Waals surface area contributed by atoms with Gasteiger partial charge in [0.15, 0.2) is 0 Å². The van der Waals surface area contributed by atoms with Crippen molar-refractivity contribution in [2.45, 2.75) is 64.5 Å². The van der Waals surface area contributed by atoms with Gasteiger partial charge >= 0.3 is 0 Å². The summed E-state index contributed by atoms with van der Waals surface area (Å²) in [6.07, 6.45) is 8.90. The molecule has 2 heterocycles. The second-order valence-corrected chi connectivity index (χ2v) is 6.33. The van der Waals surface area contributed by atoms with Crippen LogP contribution >= 0.6 is 0 Å². The Balaban J connectivity index is 1.86. The van der Waals surface area contributed by atoms with E-state index in [2.05, 4.69) is 24.0 Å². The van der Waals surface area contributed by atoms with Crippen LogP contribution in [0.5, 0.6) is 0 Å². The molecule has 0 aromatic carbocycles. The van der Waals surface area contributed by atoms with Gasteiger partial charge in [0, 0.05) is 18.3 Å². The van der Waals surface area contributed by atoms with Crippen LogP contribution in [0.25, 0.3) is 0 Å². The third kappa shape index (κ3) is 2.69. The molecule has 1 saturated heterocycles. The summed E-state index contributed by atoms with van der Waals surface area (Å²) in [7, 11) is 0. The van der Waals surface area contributed by atoms with Gasteiger partial charge in [-0.25, -0.2) is 4.98 Å². The van der Waals surface area contributed by atoms with Crippen LogP contribution in [0.3, 0.4) is 0 Å². The Hall–Kier alpha value is -1.09. The number of hydrogen-bond acceptors (Lipinski definition) is 3. The van der Waals surface area contributed by atoms with Crippen molar-refractivity contribution in [2.24, 2.45) is 5.92 Å². The van der Waals surface area contributed by atoms with Gasteiger partial charge in [0.05, 0.1) is 6.61 Å². The molecule has 0 bridgehead atoms. The van der Waals surface area contributed by atoms with Crippen molar-refractivity contribution in [2.75, 3.05) is 11.4 Å². The lowest BCUT2D eigenvalue weighted by Crippen LogP contribution is -2.35. The van der Waals surface area contributed by atoms with E-state index in [1.807, 2.05) is 0 Å². The van der Waals surface area contributed by atoms with Gasteiger partial charge in [-0.2, -0.15) is 0 Å². The average Bonchev–Trinajstić information content (AvgIpc) is 2.91. The van der Waals surface area contributed by atoms with Gasteiger partial charge < -0.3 is 10.0 Å². The number of pyridine rings is 1. The zero-order valence-corrected chi connectivity index (χ0v) is 12.5. The molecule has 2 atom stereocenters. The molecule has 3 nitrogen and oxygen atoms in total.